The molecule has 4 heteroatoms. The predicted octanol–water partition coefficient (Wildman–Crippen LogP) is 1.66. The molecule has 0 bridgehead atoms. The van der Waals surface area contributed by atoms with Crippen molar-refractivity contribution in [1.29, 1.82) is 0 Å². The van der Waals surface area contributed by atoms with Crippen molar-refractivity contribution in [1.82, 2.24) is 4.98 Å². The van der Waals surface area contributed by atoms with Crippen LogP contribution in [0.4, 0.5) is 0 Å². The summed E-state index contributed by atoms with van der Waals surface area (Å²) < 4.78 is 10.2. The van der Waals surface area contributed by atoms with Crippen molar-refractivity contribution in [3.63, 3.8) is 0 Å². The highest BCUT2D eigenvalue weighted by Crippen LogP contribution is 2.12. The number of nitrogens with zero attached hydrogens (tertiary/aromatic N) is 1. The summed E-state index contributed by atoms with van der Waals surface area (Å²) in [5.74, 6) is 0. The fourth-order valence-electron chi connectivity index (χ4n) is 0.975. The SMILES string of the molecule is COCCOCCc1scnc1C. The van der Waals surface area contributed by atoms with E-state index in [1.54, 1.807) is 18.4 Å². The van der Waals surface area contributed by atoms with Crippen molar-refractivity contribution < 1.29 is 9.47 Å². The number of aryl methyl sites for hydroxylation is 1. The van der Waals surface area contributed by atoms with Gasteiger partial charge in [0.25, 0.3) is 0 Å². The minimum atomic E-state index is 0.668. The first-order valence-corrected chi connectivity index (χ1v) is 5.18. The molecular formula is C9H15NO2S. The molecule has 1 rings (SSSR count). The van der Waals surface area contributed by atoms with Gasteiger partial charge in [0.05, 0.1) is 31.0 Å². The van der Waals surface area contributed by atoms with Crippen molar-refractivity contribution in [3.8, 4) is 0 Å². The summed E-state index contributed by atoms with van der Waals surface area (Å²) in [7, 11) is 1.68. The van der Waals surface area contributed by atoms with E-state index >= 15 is 0 Å². The van der Waals surface area contributed by atoms with E-state index < -0.39 is 0 Å². The van der Waals surface area contributed by atoms with Gasteiger partial charge in [-0.15, -0.1) is 11.3 Å². The lowest BCUT2D eigenvalue weighted by atomic mass is 10.3. The monoisotopic (exact) mass is 201 g/mol. The molecule has 3 nitrogen and oxygen atoms in total. The van der Waals surface area contributed by atoms with Crippen LogP contribution >= 0.6 is 11.3 Å². The number of aromatic nitrogens is 1. The lowest BCUT2D eigenvalue weighted by molar-refractivity contribution is 0.0724. The van der Waals surface area contributed by atoms with Gasteiger partial charge in [-0.3, -0.25) is 0 Å². The van der Waals surface area contributed by atoms with E-state index in [2.05, 4.69) is 4.98 Å². The Balaban J connectivity index is 2.10. The number of thiazole rings is 1. The van der Waals surface area contributed by atoms with Crippen molar-refractivity contribution >= 4 is 11.3 Å². The molecule has 0 N–H and O–H groups in total. The van der Waals surface area contributed by atoms with E-state index in [4.69, 9.17) is 9.47 Å². The van der Waals surface area contributed by atoms with Crippen LogP contribution in [-0.2, 0) is 15.9 Å². The second-order valence-electron chi connectivity index (χ2n) is 2.72. The van der Waals surface area contributed by atoms with Crippen LogP contribution in [0, 0.1) is 6.92 Å². The van der Waals surface area contributed by atoms with Crippen LogP contribution in [0.2, 0.25) is 0 Å². The van der Waals surface area contributed by atoms with Crippen LogP contribution in [0.1, 0.15) is 10.6 Å². The summed E-state index contributed by atoms with van der Waals surface area (Å²) in [4.78, 5) is 5.49. The lowest BCUT2D eigenvalue weighted by Crippen LogP contribution is -2.04. The standard InChI is InChI=1S/C9H15NO2S/c1-8-9(13-7-10-8)3-4-12-6-5-11-2/h7H,3-6H2,1-2H3. The molecule has 0 unspecified atom stereocenters. The fourth-order valence-corrected chi connectivity index (χ4v) is 1.74. The summed E-state index contributed by atoms with van der Waals surface area (Å²) >= 11 is 1.69. The minimum Gasteiger partial charge on any atom is -0.382 e. The smallest absolute Gasteiger partial charge is 0.0797 e. The third-order valence-electron chi connectivity index (χ3n) is 1.75. The highest BCUT2D eigenvalue weighted by atomic mass is 32.1. The van der Waals surface area contributed by atoms with Gasteiger partial charge in [-0.2, -0.15) is 0 Å². The average Bonchev–Trinajstić information content (AvgIpc) is 2.52. The van der Waals surface area contributed by atoms with Gasteiger partial charge in [0.1, 0.15) is 0 Å². The maximum absolute atomic E-state index is 5.36. The number of hydrogen-bond donors (Lipinski definition) is 0. The molecule has 0 saturated carbocycles. The maximum Gasteiger partial charge on any atom is 0.0797 e. The first kappa shape index (κ1) is 10.6. The topological polar surface area (TPSA) is 31.4 Å². The molecule has 0 aliphatic rings. The Bertz CT molecular complexity index is 237. The molecular weight excluding hydrogens is 186 g/mol. The van der Waals surface area contributed by atoms with E-state index in [9.17, 15) is 0 Å². The highest BCUT2D eigenvalue weighted by Gasteiger charge is 2.00. The first-order chi connectivity index (χ1) is 6.34. The predicted molar refractivity (Wildman–Crippen MR) is 53.3 cm³/mol. The maximum atomic E-state index is 5.36. The van der Waals surface area contributed by atoms with Gasteiger partial charge in [0.2, 0.25) is 0 Å². The van der Waals surface area contributed by atoms with E-state index in [-0.39, 0.29) is 0 Å². The molecule has 13 heavy (non-hydrogen) atoms. The Morgan fingerprint density at radius 2 is 2.23 bits per heavy atom. The normalized spacial score (nSPS) is 10.6. The van der Waals surface area contributed by atoms with Crippen LogP contribution in [0.15, 0.2) is 5.51 Å². The molecule has 0 atom stereocenters. The zero-order valence-electron chi connectivity index (χ0n) is 8.08. The molecule has 0 aliphatic carbocycles. The van der Waals surface area contributed by atoms with Crippen molar-refractivity contribution in [3.05, 3.63) is 16.1 Å². The molecule has 0 aliphatic heterocycles. The van der Waals surface area contributed by atoms with Gasteiger partial charge in [0, 0.05) is 18.4 Å². The Hall–Kier alpha value is -0.450. The third-order valence-corrected chi connectivity index (χ3v) is 2.74. The van der Waals surface area contributed by atoms with Gasteiger partial charge in [-0.05, 0) is 6.92 Å². The molecule has 0 radical (unpaired) electrons. The summed E-state index contributed by atoms with van der Waals surface area (Å²) in [5.41, 5.74) is 3.00. The quantitative estimate of drug-likeness (QED) is 0.656. The van der Waals surface area contributed by atoms with Crippen LogP contribution in [-0.4, -0.2) is 31.9 Å². The van der Waals surface area contributed by atoms with Crippen molar-refractivity contribution in [2.24, 2.45) is 0 Å². The number of rotatable bonds is 6. The van der Waals surface area contributed by atoms with Gasteiger partial charge < -0.3 is 9.47 Å². The minimum absolute atomic E-state index is 0.668. The molecule has 0 fully saturated rings. The van der Waals surface area contributed by atoms with Crippen molar-refractivity contribution in [2.45, 2.75) is 13.3 Å². The molecule has 0 saturated heterocycles. The summed E-state index contributed by atoms with van der Waals surface area (Å²) in [6, 6.07) is 0. The molecule has 1 heterocycles. The summed E-state index contributed by atoms with van der Waals surface area (Å²) in [6.45, 7) is 4.13. The molecule has 1 aromatic rings. The zero-order chi connectivity index (χ0) is 9.52. The van der Waals surface area contributed by atoms with E-state index in [0.29, 0.717) is 13.2 Å². The second kappa shape index (κ2) is 6.07. The third kappa shape index (κ3) is 3.85. The molecule has 0 spiro atoms. The van der Waals surface area contributed by atoms with Crippen LogP contribution in [0.5, 0.6) is 0 Å². The molecule has 0 amide bonds. The first-order valence-electron chi connectivity index (χ1n) is 4.30. The van der Waals surface area contributed by atoms with Gasteiger partial charge >= 0.3 is 0 Å². The lowest BCUT2D eigenvalue weighted by Gasteiger charge is -2.01. The largest absolute Gasteiger partial charge is 0.382 e. The molecule has 0 aromatic carbocycles. The van der Waals surface area contributed by atoms with Gasteiger partial charge in [0.15, 0.2) is 0 Å². The zero-order valence-corrected chi connectivity index (χ0v) is 8.89. The Kier molecular flexibility index (Phi) is 4.97. The van der Waals surface area contributed by atoms with Gasteiger partial charge in [-0.25, -0.2) is 4.98 Å². The second-order valence-corrected chi connectivity index (χ2v) is 3.66. The summed E-state index contributed by atoms with van der Waals surface area (Å²) in [6.07, 6.45) is 0.959. The molecule has 1 aromatic heterocycles. The van der Waals surface area contributed by atoms with Crippen LogP contribution in [0.25, 0.3) is 0 Å². The number of methoxy groups -OCH3 is 1. The Labute approximate surface area is 82.7 Å². The Morgan fingerprint density at radius 3 is 2.85 bits per heavy atom. The number of ether oxygens (including phenoxy) is 2. The average molecular weight is 201 g/mol. The van der Waals surface area contributed by atoms with Gasteiger partial charge in [-0.1, -0.05) is 0 Å². The van der Waals surface area contributed by atoms with E-state index in [0.717, 1.165) is 18.7 Å². The van der Waals surface area contributed by atoms with E-state index in [1.807, 2.05) is 12.4 Å². The van der Waals surface area contributed by atoms with Crippen LogP contribution < -0.4 is 0 Å². The highest BCUT2D eigenvalue weighted by molar-refractivity contribution is 7.09. The Morgan fingerprint density at radius 1 is 1.38 bits per heavy atom. The van der Waals surface area contributed by atoms with Crippen LogP contribution in [0.3, 0.4) is 0 Å². The number of hydrogen-bond acceptors (Lipinski definition) is 4. The van der Waals surface area contributed by atoms with E-state index in [1.165, 1.54) is 4.88 Å². The van der Waals surface area contributed by atoms with Crippen molar-refractivity contribution in [2.75, 3.05) is 26.9 Å². The molecule has 74 valence electrons. The summed E-state index contributed by atoms with van der Waals surface area (Å²) in [5, 5.41) is 0. The fraction of sp³-hybridized carbons (Fsp3) is 0.667.